The highest BCUT2D eigenvalue weighted by atomic mass is 32.2. The summed E-state index contributed by atoms with van der Waals surface area (Å²) >= 11 is 0. The average Bonchev–Trinajstić information content (AvgIpc) is 2.34. The Hall–Kier alpha value is -0.860. The van der Waals surface area contributed by atoms with E-state index >= 15 is 0 Å². The molecule has 1 saturated heterocycles. The van der Waals surface area contributed by atoms with Crippen LogP contribution in [0.2, 0.25) is 0 Å². The van der Waals surface area contributed by atoms with Crippen LogP contribution in [-0.2, 0) is 23.8 Å². The number of ether oxygens (including phenoxy) is 2. The summed E-state index contributed by atoms with van der Waals surface area (Å²) in [7, 11) is -3.56. The molecule has 1 amide bonds. The number of carbonyl (C=O) groups excluding carboxylic acids is 1. The Morgan fingerprint density at radius 1 is 1.36 bits per heavy atom. The van der Waals surface area contributed by atoms with Gasteiger partial charge in [-0.25, -0.2) is 4.79 Å². The molecule has 1 rings (SSSR count). The summed E-state index contributed by atoms with van der Waals surface area (Å²) < 4.78 is 37.9. The summed E-state index contributed by atoms with van der Waals surface area (Å²) in [5, 5.41) is 2.66. The Labute approximate surface area is 132 Å². The number of hydrogen-bond donors (Lipinski definition) is 1. The Balaban J connectivity index is 2.57. The predicted octanol–water partition coefficient (Wildman–Crippen LogP) is 1.82. The average molecular weight is 337 g/mol. The lowest BCUT2D eigenvalue weighted by atomic mass is 10.0. The second-order valence-corrected chi connectivity index (χ2v) is 8.20. The second kappa shape index (κ2) is 8.12. The molecule has 0 radical (unpaired) electrons. The Morgan fingerprint density at radius 2 is 2.05 bits per heavy atom. The van der Waals surface area contributed by atoms with Crippen LogP contribution >= 0.6 is 0 Å². The molecule has 2 atom stereocenters. The van der Waals surface area contributed by atoms with Crippen molar-refractivity contribution in [2.75, 3.05) is 19.5 Å². The van der Waals surface area contributed by atoms with Crippen LogP contribution in [0.5, 0.6) is 0 Å². The van der Waals surface area contributed by atoms with Crippen molar-refractivity contribution in [1.82, 2.24) is 5.32 Å². The van der Waals surface area contributed by atoms with E-state index in [2.05, 4.69) is 5.32 Å². The normalized spacial score (nSPS) is 21.2. The van der Waals surface area contributed by atoms with Gasteiger partial charge in [-0.2, -0.15) is 8.42 Å². The van der Waals surface area contributed by atoms with E-state index in [1.807, 2.05) is 0 Å². The first-order valence-electron chi connectivity index (χ1n) is 7.51. The number of rotatable bonds is 6. The third-order valence-electron chi connectivity index (χ3n) is 3.03. The van der Waals surface area contributed by atoms with E-state index in [1.165, 1.54) is 0 Å². The van der Waals surface area contributed by atoms with Gasteiger partial charge in [-0.15, -0.1) is 0 Å². The molecular formula is C14H27NO6S. The van der Waals surface area contributed by atoms with Gasteiger partial charge in [0.25, 0.3) is 10.1 Å². The maximum atomic E-state index is 11.9. The minimum Gasteiger partial charge on any atom is -0.444 e. The smallest absolute Gasteiger partial charge is 0.407 e. The van der Waals surface area contributed by atoms with E-state index in [1.54, 1.807) is 20.8 Å². The molecule has 22 heavy (non-hydrogen) atoms. The van der Waals surface area contributed by atoms with E-state index in [-0.39, 0.29) is 12.7 Å². The number of hydrogen-bond acceptors (Lipinski definition) is 6. The summed E-state index contributed by atoms with van der Waals surface area (Å²) in [6.07, 6.45) is 3.87. The van der Waals surface area contributed by atoms with Gasteiger partial charge in [0.15, 0.2) is 0 Å². The lowest BCUT2D eigenvalue weighted by Crippen LogP contribution is -2.44. The van der Waals surface area contributed by atoms with E-state index in [9.17, 15) is 13.2 Å². The predicted molar refractivity (Wildman–Crippen MR) is 82.2 cm³/mol. The van der Waals surface area contributed by atoms with Crippen LogP contribution in [0.4, 0.5) is 4.79 Å². The molecule has 0 saturated carbocycles. The van der Waals surface area contributed by atoms with Crippen LogP contribution in [0, 0.1) is 0 Å². The van der Waals surface area contributed by atoms with Crippen molar-refractivity contribution in [3.8, 4) is 0 Å². The number of alkyl carbamates (subject to hydrolysis) is 1. The first-order chi connectivity index (χ1) is 10.1. The minimum absolute atomic E-state index is 0.00292. The van der Waals surface area contributed by atoms with Crippen molar-refractivity contribution in [2.24, 2.45) is 0 Å². The summed E-state index contributed by atoms with van der Waals surface area (Å²) in [6, 6.07) is -0.479. The van der Waals surface area contributed by atoms with Gasteiger partial charge in [0, 0.05) is 6.61 Å². The fraction of sp³-hybridized carbons (Fsp3) is 0.929. The minimum atomic E-state index is -3.56. The van der Waals surface area contributed by atoms with Crippen molar-refractivity contribution in [2.45, 2.75) is 64.2 Å². The molecule has 1 aliphatic rings. The maximum Gasteiger partial charge on any atom is 0.407 e. The second-order valence-electron chi connectivity index (χ2n) is 6.56. The van der Waals surface area contributed by atoms with Crippen molar-refractivity contribution in [1.29, 1.82) is 0 Å². The fourth-order valence-corrected chi connectivity index (χ4v) is 2.57. The van der Waals surface area contributed by atoms with Gasteiger partial charge < -0.3 is 14.8 Å². The van der Waals surface area contributed by atoms with E-state index in [0.29, 0.717) is 13.0 Å². The van der Waals surface area contributed by atoms with Gasteiger partial charge in [0.2, 0.25) is 0 Å². The van der Waals surface area contributed by atoms with E-state index in [0.717, 1.165) is 25.5 Å². The third-order valence-corrected chi connectivity index (χ3v) is 3.59. The standard InChI is InChI=1S/C14H27NO6S/c1-14(2,3)21-13(16)15-11(10-20-22(4,17)18)9-12-7-5-6-8-19-12/h11-12H,5-10H2,1-4H3,(H,15,16). The molecule has 2 unspecified atom stereocenters. The molecule has 1 fully saturated rings. The lowest BCUT2D eigenvalue weighted by molar-refractivity contribution is 0.0000995. The van der Waals surface area contributed by atoms with Crippen LogP contribution in [0.25, 0.3) is 0 Å². The Bertz CT molecular complexity index is 450. The van der Waals surface area contributed by atoms with Crippen LogP contribution in [0.15, 0.2) is 0 Å². The summed E-state index contributed by atoms with van der Waals surface area (Å²) in [6.45, 7) is 5.85. The monoisotopic (exact) mass is 337 g/mol. The Kier molecular flexibility index (Phi) is 7.08. The van der Waals surface area contributed by atoms with Crippen LogP contribution < -0.4 is 5.32 Å². The molecular weight excluding hydrogens is 310 g/mol. The SMILES string of the molecule is CC(C)(C)OC(=O)NC(COS(C)(=O)=O)CC1CCCCO1. The molecule has 0 bridgehead atoms. The van der Waals surface area contributed by atoms with Crippen LogP contribution in [-0.4, -0.2) is 51.7 Å². The fourth-order valence-electron chi connectivity index (χ4n) is 2.16. The van der Waals surface area contributed by atoms with Crippen molar-refractivity contribution in [3.05, 3.63) is 0 Å². The third kappa shape index (κ3) is 9.22. The van der Waals surface area contributed by atoms with Gasteiger partial charge in [-0.3, -0.25) is 4.18 Å². The van der Waals surface area contributed by atoms with Crippen LogP contribution in [0.3, 0.4) is 0 Å². The van der Waals surface area contributed by atoms with Crippen molar-refractivity contribution >= 4 is 16.2 Å². The van der Waals surface area contributed by atoms with Gasteiger partial charge >= 0.3 is 6.09 Å². The molecule has 8 heteroatoms. The molecule has 0 spiro atoms. The van der Waals surface area contributed by atoms with E-state index < -0.39 is 27.9 Å². The summed E-state index contributed by atoms with van der Waals surface area (Å²) in [5.74, 6) is 0. The largest absolute Gasteiger partial charge is 0.444 e. The molecule has 7 nitrogen and oxygen atoms in total. The van der Waals surface area contributed by atoms with Crippen LogP contribution in [0.1, 0.15) is 46.5 Å². The quantitative estimate of drug-likeness (QED) is 0.743. The first kappa shape index (κ1) is 19.2. The number of nitrogens with one attached hydrogen (secondary N) is 1. The maximum absolute atomic E-state index is 11.9. The molecule has 1 aliphatic heterocycles. The zero-order valence-corrected chi connectivity index (χ0v) is 14.6. The number of carbonyl (C=O) groups is 1. The van der Waals surface area contributed by atoms with Gasteiger partial charge in [0.1, 0.15) is 5.60 Å². The zero-order valence-electron chi connectivity index (χ0n) is 13.8. The van der Waals surface area contributed by atoms with E-state index in [4.69, 9.17) is 13.7 Å². The van der Waals surface area contributed by atoms with Gasteiger partial charge in [-0.05, 0) is 46.5 Å². The lowest BCUT2D eigenvalue weighted by Gasteiger charge is -2.28. The number of amides is 1. The highest BCUT2D eigenvalue weighted by molar-refractivity contribution is 7.85. The van der Waals surface area contributed by atoms with Gasteiger partial charge in [-0.1, -0.05) is 0 Å². The first-order valence-corrected chi connectivity index (χ1v) is 9.32. The highest BCUT2D eigenvalue weighted by Gasteiger charge is 2.25. The molecule has 0 aromatic carbocycles. The Morgan fingerprint density at radius 3 is 2.55 bits per heavy atom. The molecule has 0 aliphatic carbocycles. The molecule has 130 valence electrons. The topological polar surface area (TPSA) is 90.9 Å². The van der Waals surface area contributed by atoms with Gasteiger partial charge in [0.05, 0.1) is 25.0 Å². The summed E-state index contributed by atoms with van der Waals surface area (Å²) in [4.78, 5) is 11.9. The molecule has 1 heterocycles. The molecule has 0 aromatic rings. The highest BCUT2D eigenvalue weighted by Crippen LogP contribution is 2.18. The van der Waals surface area contributed by atoms with Crippen molar-refractivity contribution < 1.29 is 26.9 Å². The summed E-state index contributed by atoms with van der Waals surface area (Å²) in [5.41, 5.74) is -0.617. The van der Waals surface area contributed by atoms with Crippen molar-refractivity contribution in [3.63, 3.8) is 0 Å². The molecule has 1 N–H and O–H groups in total. The zero-order chi connectivity index (χ0) is 16.8. The molecule has 0 aromatic heterocycles.